The number of rotatable bonds is 3. The number of aryl methyl sites for hydroxylation is 1. The minimum Gasteiger partial charge on any atom is -0.353 e. The second-order valence-corrected chi connectivity index (χ2v) is 6.28. The maximum Gasteiger partial charge on any atom is 0.417 e. The molecule has 0 atom stereocenters. The van der Waals surface area contributed by atoms with Crippen LogP contribution in [0.15, 0.2) is 30.5 Å². The molecule has 0 N–H and O–H groups in total. The van der Waals surface area contributed by atoms with Crippen molar-refractivity contribution in [2.45, 2.75) is 19.1 Å². The Kier molecular flexibility index (Phi) is 3.70. The number of pyridine rings is 1. The summed E-state index contributed by atoms with van der Waals surface area (Å²) in [6.45, 7) is 3.25. The van der Waals surface area contributed by atoms with Crippen LogP contribution in [0.2, 0.25) is 0 Å². The third kappa shape index (κ3) is 2.80. The van der Waals surface area contributed by atoms with Crippen molar-refractivity contribution in [2.24, 2.45) is 0 Å². The molecule has 0 spiro atoms. The Labute approximate surface area is 147 Å². The van der Waals surface area contributed by atoms with Crippen molar-refractivity contribution in [1.29, 1.82) is 0 Å². The van der Waals surface area contributed by atoms with Gasteiger partial charge >= 0.3 is 6.18 Å². The molecule has 7 nitrogen and oxygen atoms in total. The van der Waals surface area contributed by atoms with Gasteiger partial charge in [-0.25, -0.2) is 4.98 Å². The van der Waals surface area contributed by atoms with Crippen LogP contribution in [-0.2, 0) is 6.18 Å². The molecule has 3 aromatic rings. The van der Waals surface area contributed by atoms with Gasteiger partial charge < -0.3 is 9.80 Å². The molecule has 3 aromatic heterocycles. The Bertz CT molecular complexity index is 929. The molecule has 0 bridgehead atoms. The van der Waals surface area contributed by atoms with Gasteiger partial charge in [0.05, 0.1) is 11.6 Å². The van der Waals surface area contributed by atoms with Crippen molar-refractivity contribution >= 4 is 17.3 Å². The summed E-state index contributed by atoms with van der Waals surface area (Å²) >= 11 is 0. The van der Waals surface area contributed by atoms with Gasteiger partial charge in [-0.3, -0.25) is 0 Å². The van der Waals surface area contributed by atoms with E-state index in [1.54, 1.807) is 4.52 Å². The van der Waals surface area contributed by atoms with E-state index >= 15 is 0 Å². The molecule has 1 saturated heterocycles. The van der Waals surface area contributed by atoms with Crippen LogP contribution >= 0.6 is 0 Å². The number of aromatic nitrogens is 5. The minimum absolute atomic E-state index is 0.152. The number of halogens is 3. The first kappa shape index (κ1) is 16.6. The van der Waals surface area contributed by atoms with Crippen LogP contribution in [0.1, 0.15) is 11.4 Å². The number of nitrogens with zero attached hydrogens (tertiary/aromatic N) is 7. The van der Waals surface area contributed by atoms with Gasteiger partial charge in [-0.05, 0) is 31.2 Å². The molecule has 0 amide bonds. The van der Waals surface area contributed by atoms with Gasteiger partial charge in [-0.1, -0.05) is 0 Å². The first-order chi connectivity index (χ1) is 12.3. The predicted octanol–water partition coefficient (Wildman–Crippen LogP) is 2.17. The smallest absolute Gasteiger partial charge is 0.353 e. The third-order valence-electron chi connectivity index (χ3n) is 4.58. The van der Waals surface area contributed by atoms with E-state index in [9.17, 15) is 13.2 Å². The fraction of sp³-hybridized carbons (Fsp3) is 0.375. The molecular formula is C16H16F3N7. The molecule has 4 heterocycles. The summed E-state index contributed by atoms with van der Waals surface area (Å²) in [5.74, 6) is 2.04. The second kappa shape index (κ2) is 5.82. The Morgan fingerprint density at radius 3 is 2.54 bits per heavy atom. The molecular weight excluding hydrogens is 347 g/mol. The summed E-state index contributed by atoms with van der Waals surface area (Å²) < 4.78 is 39.6. The summed E-state index contributed by atoms with van der Waals surface area (Å²) in [5.41, 5.74) is -0.0545. The van der Waals surface area contributed by atoms with Crippen molar-refractivity contribution in [1.82, 2.24) is 24.8 Å². The van der Waals surface area contributed by atoms with Crippen LogP contribution in [0.4, 0.5) is 24.8 Å². The summed E-state index contributed by atoms with van der Waals surface area (Å²) in [6, 6.07) is 6.35. The molecule has 0 aliphatic carbocycles. The summed E-state index contributed by atoms with van der Waals surface area (Å²) in [7, 11) is 1.83. The summed E-state index contributed by atoms with van der Waals surface area (Å²) in [6.07, 6.45) is -3.51. The van der Waals surface area contributed by atoms with Crippen LogP contribution in [0.5, 0.6) is 0 Å². The molecule has 0 unspecified atom stereocenters. The van der Waals surface area contributed by atoms with Crippen molar-refractivity contribution in [3.63, 3.8) is 0 Å². The van der Waals surface area contributed by atoms with E-state index in [1.165, 1.54) is 6.07 Å². The molecule has 0 radical (unpaired) electrons. The fourth-order valence-corrected chi connectivity index (χ4v) is 2.89. The van der Waals surface area contributed by atoms with Gasteiger partial charge in [0.25, 0.3) is 0 Å². The van der Waals surface area contributed by atoms with E-state index in [0.29, 0.717) is 30.4 Å². The monoisotopic (exact) mass is 363 g/mol. The molecule has 26 heavy (non-hydrogen) atoms. The third-order valence-corrected chi connectivity index (χ3v) is 4.58. The first-order valence-electron chi connectivity index (χ1n) is 8.03. The zero-order valence-corrected chi connectivity index (χ0v) is 14.1. The van der Waals surface area contributed by atoms with E-state index in [4.69, 9.17) is 0 Å². The minimum atomic E-state index is -4.37. The van der Waals surface area contributed by atoms with Crippen molar-refractivity contribution in [3.05, 3.63) is 41.9 Å². The molecule has 0 aromatic carbocycles. The number of anilines is 2. The number of likely N-dealkylation sites (N-methyl/N-ethyl adjacent to an activating group) is 1. The van der Waals surface area contributed by atoms with E-state index < -0.39 is 11.7 Å². The van der Waals surface area contributed by atoms with Gasteiger partial charge in [0.15, 0.2) is 11.5 Å². The lowest BCUT2D eigenvalue weighted by molar-refractivity contribution is -0.137. The molecule has 10 heteroatoms. The fourth-order valence-electron chi connectivity index (χ4n) is 2.89. The van der Waals surface area contributed by atoms with E-state index in [2.05, 4.69) is 25.2 Å². The van der Waals surface area contributed by atoms with Crippen molar-refractivity contribution < 1.29 is 13.2 Å². The highest BCUT2D eigenvalue weighted by atomic mass is 19.4. The van der Waals surface area contributed by atoms with Crippen LogP contribution < -0.4 is 9.80 Å². The highest BCUT2D eigenvalue weighted by Crippen LogP contribution is 2.30. The van der Waals surface area contributed by atoms with Crippen LogP contribution in [0.3, 0.4) is 0 Å². The van der Waals surface area contributed by atoms with Crippen LogP contribution in [0, 0.1) is 6.92 Å². The highest BCUT2D eigenvalue weighted by Gasteiger charge is 2.33. The van der Waals surface area contributed by atoms with Gasteiger partial charge in [0.2, 0.25) is 0 Å². The Morgan fingerprint density at radius 1 is 1.12 bits per heavy atom. The average Bonchev–Trinajstić information content (AvgIpc) is 2.94. The van der Waals surface area contributed by atoms with Crippen LogP contribution in [-0.4, -0.2) is 51.0 Å². The molecule has 1 fully saturated rings. The first-order valence-corrected chi connectivity index (χ1v) is 8.03. The number of hydrogen-bond donors (Lipinski definition) is 0. The van der Waals surface area contributed by atoms with E-state index in [-0.39, 0.29) is 6.04 Å². The van der Waals surface area contributed by atoms with Gasteiger partial charge in [0, 0.05) is 26.3 Å². The van der Waals surface area contributed by atoms with Crippen LogP contribution in [0.25, 0.3) is 5.65 Å². The Hall–Kier alpha value is -2.91. The average molecular weight is 363 g/mol. The zero-order chi connectivity index (χ0) is 18.5. The van der Waals surface area contributed by atoms with E-state index in [0.717, 1.165) is 18.1 Å². The number of fused-ring (bicyclic) bond motifs is 1. The Morgan fingerprint density at radius 2 is 1.88 bits per heavy atom. The quantitative estimate of drug-likeness (QED) is 0.711. The lowest BCUT2D eigenvalue weighted by Crippen LogP contribution is -2.59. The maximum atomic E-state index is 12.6. The maximum absolute atomic E-state index is 12.6. The summed E-state index contributed by atoms with van der Waals surface area (Å²) in [5, 5.41) is 12.5. The molecule has 1 aliphatic rings. The molecule has 136 valence electrons. The highest BCUT2D eigenvalue weighted by molar-refractivity contribution is 5.50. The van der Waals surface area contributed by atoms with E-state index in [1.807, 2.05) is 31.0 Å². The molecule has 0 saturated carbocycles. The van der Waals surface area contributed by atoms with Gasteiger partial charge in [-0.15, -0.1) is 15.3 Å². The Balaban J connectivity index is 1.44. The number of hydrogen-bond acceptors (Lipinski definition) is 6. The van der Waals surface area contributed by atoms with Gasteiger partial charge in [-0.2, -0.15) is 17.7 Å². The summed E-state index contributed by atoms with van der Waals surface area (Å²) in [4.78, 5) is 7.92. The zero-order valence-electron chi connectivity index (χ0n) is 14.1. The van der Waals surface area contributed by atoms with Gasteiger partial charge in [0.1, 0.15) is 11.6 Å². The normalized spacial score (nSPS) is 15.3. The SMILES string of the molecule is Cc1nnc2ccc(N3CC(N(C)c4ccc(C(F)(F)F)cn4)C3)nn12. The number of alkyl halides is 3. The lowest BCUT2D eigenvalue weighted by Gasteiger charge is -2.45. The van der Waals surface area contributed by atoms with Crippen molar-refractivity contribution in [2.75, 3.05) is 29.9 Å². The molecule has 1 aliphatic heterocycles. The predicted molar refractivity (Wildman–Crippen MR) is 89.2 cm³/mol. The lowest BCUT2D eigenvalue weighted by atomic mass is 10.1. The topological polar surface area (TPSA) is 62.5 Å². The van der Waals surface area contributed by atoms with Crippen molar-refractivity contribution in [3.8, 4) is 0 Å². The molecule has 4 rings (SSSR count). The second-order valence-electron chi connectivity index (χ2n) is 6.28. The largest absolute Gasteiger partial charge is 0.417 e. The standard InChI is InChI=1S/C16H16F3N7/c1-10-21-22-14-5-6-15(23-26(10)14)25-8-12(9-25)24(2)13-4-3-11(7-20-13)16(17,18)19/h3-7,12H,8-9H2,1-2H3.